The van der Waals surface area contributed by atoms with Crippen LogP contribution in [-0.4, -0.2) is 36.1 Å². The molecule has 1 N–H and O–H groups in total. The van der Waals surface area contributed by atoms with Crippen molar-refractivity contribution in [3.8, 4) is 0 Å². The van der Waals surface area contributed by atoms with E-state index in [1.165, 1.54) is 45.2 Å². The van der Waals surface area contributed by atoms with Gasteiger partial charge in [0.25, 0.3) is 0 Å². The Morgan fingerprint density at radius 2 is 2.00 bits per heavy atom. The van der Waals surface area contributed by atoms with Crippen LogP contribution in [0.4, 0.5) is 0 Å². The SMILES string of the molecule is C1C[C@@H]2[C@@H](C1)NCCN2C1CC1. The predicted octanol–water partition coefficient (Wildman–Crippen LogP) is 0.975. The van der Waals surface area contributed by atoms with Gasteiger partial charge in [-0.3, -0.25) is 4.90 Å². The minimum atomic E-state index is 0.847. The number of hydrogen-bond acceptors (Lipinski definition) is 2. The zero-order chi connectivity index (χ0) is 7.97. The third kappa shape index (κ3) is 1.09. The molecule has 0 spiro atoms. The van der Waals surface area contributed by atoms with Gasteiger partial charge in [-0.05, 0) is 25.7 Å². The maximum absolute atomic E-state index is 3.65. The van der Waals surface area contributed by atoms with Crippen LogP contribution in [0.25, 0.3) is 0 Å². The van der Waals surface area contributed by atoms with Crippen LogP contribution in [0.3, 0.4) is 0 Å². The summed E-state index contributed by atoms with van der Waals surface area (Å²) in [6.45, 7) is 2.55. The molecule has 2 atom stereocenters. The first-order valence-electron chi connectivity index (χ1n) is 5.44. The van der Waals surface area contributed by atoms with Crippen molar-refractivity contribution in [2.24, 2.45) is 0 Å². The van der Waals surface area contributed by atoms with Gasteiger partial charge in [0.1, 0.15) is 0 Å². The maximum Gasteiger partial charge on any atom is 0.0252 e. The van der Waals surface area contributed by atoms with Crippen molar-refractivity contribution < 1.29 is 0 Å². The van der Waals surface area contributed by atoms with Gasteiger partial charge in [0.2, 0.25) is 0 Å². The predicted molar refractivity (Wildman–Crippen MR) is 49.2 cm³/mol. The van der Waals surface area contributed by atoms with Crippen LogP contribution in [0.2, 0.25) is 0 Å². The second-order valence-electron chi connectivity index (χ2n) is 4.53. The molecule has 0 aromatic heterocycles. The topological polar surface area (TPSA) is 15.3 Å². The van der Waals surface area contributed by atoms with Crippen LogP contribution in [-0.2, 0) is 0 Å². The molecule has 12 heavy (non-hydrogen) atoms. The van der Waals surface area contributed by atoms with E-state index >= 15 is 0 Å². The Balaban J connectivity index is 1.74. The summed E-state index contributed by atoms with van der Waals surface area (Å²) in [6, 6.07) is 2.74. The molecular weight excluding hydrogens is 148 g/mol. The molecule has 1 aliphatic heterocycles. The lowest BCUT2D eigenvalue weighted by Gasteiger charge is -2.38. The Hall–Kier alpha value is -0.0800. The summed E-state index contributed by atoms with van der Waals surface area (Å²) in [5, 5.41) is 3.65. The smallest absolute Gasteiger partial charge is 0.0252 e. The van der Waals surface area contributed by atoms with Gasteiger partial charge in [0.15, 0.2) is 0 Å². The van der Waals surface area contributed by atoms with Crippen molar-refractivity contribution in [3.63, 3.8) is 0 Å². The fourth-order valence-electron chi connectivity index (χ4n) is 2.98. The molecule has 1 heterocycles. The summed E-state index contributed by atoms with van der Waals surface area (Å²) in [5.74, 6) is 0. The van der Waals surface area contributed by atoms with Gasteiger partial charge in [-0.25, -0.2) is 0 Å². The fraction of sp³-hybridized carbons (Fsp3) is 1.00. The number of rotatable bonds is 1. The summed E-state index contributed by atoms with van der Waals surface area (Å²) in [4.78, 5) is 2.79. The van der Waals surface area contributed by atoms with Crippen LogP contribution >= 0.6 is 0 Å². The third-order valence-electron chi connectivity index (χ3n) is 3.70. The number of fused-ring (bicyclic) bond motifs is 1. The molecule has 2 nitrogen and oxygen atoms in total. The highest BCUT2D eigenvalue weighted by Gasteiger charge is 2.41. The van der Waals surface area contributed by atoms with Gasteiger partial charge in [-0.15, -0.1) is 0 Å². The molecule has 2 saturated carbocycles. The van der Waals surface area contributed by atoms with Crippen LogP contribution in [0.15, 0.2) is 0 Å². The number of piperazine rings is 1. The first-order valence-corrected chi connectivity index (χ1v) is 5.44. The summed E-state index contributed by atoms with van der Waals surface area (Å²) >= 11 is 0. The van der Waals surface area contributed by atoms with E-state index in [-0.39, 0.29) is 0 Å². The first-order chi connectivity index (χ1) is 5.95. The third-order valence-corrected chi connectivity index (χ3v) is 3.70. The molecule has 3 rings (SSSR count). The molecule has 0 aromatic rings. The van der Waals surface area contributed by atoms with Crippen molar-refractivity contribution in [1.29, 1.82) is 0 Å². The zero-order valence-electron chi connectivity index (χ0n) is 7.63. The lowest BCUT2D eigenvalue weighted by molar-refractivity contribution is 0.128. The van der Waals surface area contributed by atoms with Crippen LogP contribution in [0, 0.1) is 0 Å². The van der Waals surface area contributed by atoms with Gasteiger partial charge in [-0.2, -0.15) is 0 Å². The van der Waals surface area contributed by atoms with E-state index in [1.807, 2.05) is 0 Å². The van der Waals surface area contributed by atoms with E-state index in [0.29, 0.717) is 0 Å². The van der Waals surface area contributed by atoms with Crippen LogP contribution in [0.1, 0.15) is 32.1 Å². The highest BCUT2D eigenvalue weighted by molar-refractivity contribution is 4.99. The van der Waals surface area contributed by atoms with E-state index in [1.54, 1.807) is 0 Å². The highest BCUT2D eigenvalue weighted by atomic mass is 15.3. The summed E-state index contributed by atoms with van der Waals surface area (Å²) < 4.78 is 0. The lowest BCUT2D eigenvalue weighted by Crippen LogP contribution is -2.55. The van der Waals surface area contributed by atoms with Crippen molar-refractivity contribution in [3.05, 3.63) is 0 Å². The molecule has 3 fully saturated rings. The van der Waals surface area contributed by atoms with Crippen molar-refractivity contribution >= 4 is 0 Å². The molecule has 0 bridgehead atoms. The standard InChI is InChI=1S/C10H18N2/c1-2-9-10(3-1)12(7-6-11-9)8-4-5-8/h8-11H,1-7H2/t9-,10-/m1/s1. The van der Waals surface area contributed by atoms with Crippen LogP contribution in [0.5, 0.6) is 0 Å². The molecule has 0 amide bonds. The molecule has 1 saturated heterocycles. The van der Waals surface area contributed by atoms with Crippen molar-refractivity contribution in [2.45, 2.75) is 50.2 Å². The molecule has 3 aliphatic rings. The van der Waals surface area contributed by atoms with Crippen molar-refractivity contribution in [1.82, 2.24) is 10.2 Å². The zero-order valence-corrected chi connectivity index (χ0v) is 7.63. The first kappa shape index (κ1) is 7.34. The van der Waals surface area contributed by atoms with Gasteiger partial charge >= 0.3 is 0 Å². The summed E-state index contributed by atoms with van der Waals surface area (Å²) in [5.41, 5.74) is 0. The number of hydrogen-bond donors (Lipinski definition) is 1. The summed E-state index contributed by atoms with van der Waals surface area (Å²) in [7, 11) is 0. The molecule has 0 radical (unpaired) electrons. The normalized spacial score (nSPS) is 43.0. The van der Waals surface area contributed by atoms with E-state index in [2.05, 4.69) is 10.2 Å². The number of nitrogens with one attached hydrogen (secondary N) is 1. The molecule has 0 aromatic carbocycles. The Bertz CT molecular complexity index is 177. The quantitative estimate of drug-likeness (QED) is 0.624. The van der Waals surface area contributed by atoms with E-state index in [9.17, 15) is 0 Å². The van der Waals surface area contributed by atoms with Gasteiger partial charge in [-0.1, -0.05) is 6.42 Å². The second-order valence-corrected chi connectivity index (χ2v) is 4.53. The molecular formula is C10H18N2. The van der Waals surface area contributed by atoms with Gasteiger partial charge in [0, 0.05) is 31.2 Å². The Morgan fingerprint density at radius 1 is 1.08 bits per heavy atom. The second kappa shape index (κ2) is 2.71. The minimum absolute atomic E-state index is 0.847. The summed E-state index contributed by atoms with van der Waals surface area (Å²) in [6.07, 6.45) is 7.28. The Labute approximate surface area is 74.3 Å². The Kier molecular flexibility index (Phi) is 1.66. The van der Waals surface area contributed by atoms with Crippen LogP contribution < -0.4 is 5.32 Å². The fourth-order valence-corrected chi connectivity index (χ4v) is 2.98. The molecule has 68 valence electrons. The molecule has 2 aliphatic carbocycles. The number of nitrogens with zero attached hydrogens (tertiary/aromatic N) is 1. The Morgan fingerprint density at radius 3 is 2.83 bits per heavy atom. The van der Waals surface area contributed by atoms with Gasteiger partial charge in [0.05, 0.1) is 0 Å². The van der Waals surface area contributed by atoms with E-state index in [4.69, 9.17) is 0 Å². The average Bonchev–Trinajstić information content (AvgIpc) is 2.82. The maximum atomic E-state index is 3.65. The van der Waals surface area contributed by atoms with E-state index in [0.717, 1.165) is 18.1 Å². The lowest BCUT2D eigenvalue weighted by atomic mass is 10.1. The molecule has 2 heteroatoms. The largest absolute Gasteiger partial charge is 0.311 e. The van der Waals surface area contributed by atoms with Crippen molar-refractivity contribution in [2.75, 3.05) is 13.1 Å². The average molecular weight is 166 g/mol. The highest BCUT2D eigenvalue weighted by Crippen LogP contribution is 2.35. The molecule has 0 unspecified atom stereocenters. The minimum Gasteiger partial charge on any atom is -0.311 e. The monoisotopic (exact) mass is 166 g/mol. The van der Waals surface area contributed by atoms with E-state index < -0.39 is 0 Å². The van der Waals surface area contributed by atoms with Gasteiger partial charge < -0.3 is 5.32 Å².